The van der Waals surface area contributed by atoms with Crippen molar-refractivity contribution >= 4 is 23.2 Å². The Morgan fingerprint density at radius 3 is 2.59 bits per heavy atom. The topological polar surface area (TPSA) is 53.5 Å². The van der Waals surface area contributed by atoms with Crippen LogP contribution in [0.4, 0.5) is 15.9 Å². The third-order valence-electron chi connectivity index (χ3n) is 6.56. The van der Waals surface area contributed by atoms with Gasteiger partial charge in [0.15, 0.2) is 5.78 Å². The lowest BCUT2D eigenvalue weighted by Gasteiger charge is -2.32. The minimum Gasteiger partial charge on any atom is -0.338 e. The molecule has 1 amide bonds. The fraction of sp³-hybridized carbons (Fsp3) is 0.500. The third kappa shape index (κ3) is 4.41. The molecule has 32 heavy (non-hydrogen) atoms. The van der Waals surface area contributed by atoms with E-state index in [0.717, 1.165) is 54.0 Å². The molecule has 4 rings (SSSR count). The molecule has 5 nitrogen and oxygen atoms in total. The molecule has 1 aromatic heterocycles. The zero-order valence-electron chi connectivity index (χ0n) is 19.2. The first-order chi connectivity index (χ1) is 15.4. The normalized spacial score (nSPS) is 16.9. The molecule has 3 heterocycles. The second kappa shape index (κ2) is 9.39. The highest BCUT2D eigenvalue weighted by atomic mass is 19.1. The Bertz CT molecular complexity index is 1010. The smallest absolute Gasteiger partial charge is 0.255 e. The summed E-state index contributed by atoms with van der Waals surface area (Å²) in [7, 11) is 0. The number of Topliss-reactive ketones (excluding diaryl/α,β-unsaturated/α-hetero) is 1. The van der Waals surface area contributed by atoms with Crippen LogP contribution < -0.4 is 4.90 Å². The maximum absolute atomic E-state index is 13.4. The van der Waals surface area contributed by atoms with Gasteiger partial charge in [0.2, 0.25) is 0 Å². The van der Waals surface area contributed by atoms with Gasteiger partial charge in [-0.05, 0) is 67.5 Å². The molecule has 0 saturated carbocycles. The molecular formula is C26H32FN3O2. The highest BCUT2D eigenvalue weighted by Gasteiger charge is 2.26. The molecule has 170 valence electrons. The molecule has 1 fully saturated rings. The van der Waals surface area contributed by atoms with Crippen molar-refractivity contribution in [3.63, 3.8) is 0 Å². The molecule has 0 bridgehead atoms. The monoisotopic (exact) mass is 437 g/mol. The fourth-order valence-electron chi connectivity index (χ4n) is 4.66. The lowest BCUT2D eigenvalue weighted by Crippen LogP contribution is -2.39. The van der Waals surface area contributed by atoms with Gasteiger partial charge in [-0.1, -0.05) is 20.8 Å². The SMILES string of the molecule is CCc1cc(N2CCCc3cc(C(=O)N4CCC(F)CC4)cnc32)ccc1C(=O)C(C)C. The van der Waals surface area contributed by atoms with Crippen LogP contribution >= 0.6 is 0 Å². The van der Waals surface area contributed by atoms with Crippen LogP contribution in [0.2, 0.25) is 0 Å². The summed E-state index contributed by atoms with van der Waals surface area (Å²) in [6.07, 6.45) is 4.30. The highest BCUT2D eigenvalue weighted by Crippen LogP contribution is 2.34. The third-order valence-corrected chi connectivity index (χ3v) is 6.56. The largest absolute Gasteiger partial charge is 0.338 e. The van der Waals surface area contributed by atoms with Gasteiger partial charge in [-0.2, -0.15) is 0 Å². The molecule has 6 heteroatoms. The van der Waals surface area contributed by atoms with Crippen LogP contribution in [0.15, 0.2) is 30.5 Å². The van der Waals surface area contributed by atoms with E-state index in [1.54, 1.807) is 11.1 Å². The number of amides is 1. The zero-order chi connectivity index (χ0) is 22.8. The van der Waals surface area contributed by atoms with Crippen molar-refractivity contribution in [3.8, 4) is 0 Å². The number of hydrogen-bond donors (Lipinski definition) is 0. The average molecular weight is 438 g/mol. The summed E-state index contributed by atoms with van der Waals surface area (Å²) in [6, 6.07) is 8.01. The van der Waals surface area contributed by atoms with E-state index in [9.17, 15) is 14.0 Å². The zero-order valence-corrected chi connectivity index (χ0v) is 19.2. The van der Waals surface area contributed by atoms with Crippen LogP contribution in [-0.2, 0) is 12.8 Å². The first-order valence-corrected chi connectivity index (χ1v) is 11.8. The lowest BCUT2D eigenvalue weighted by atomic mass is 9.94. The number of likely N-dealkylation sites (tertiary alicyclic amines) is 1. The number of carbonyl (C=O) groups is 2. The Morgan fingerprint density at radius 2 is 1.91 bits per heavy atom. The molecule has 0 N–H and O–H groups in total. The molecule has 2 aliphatic rings. The summed E-state index contributed by atoms with van der Waals surface area (Å²) in [5.41, 5.74) is 4.52. The number of ketones is 1. The molecule has 0 unspecified atom stereocenters. The molecule has 0 spiro atoms. The number of alkyl halides is 1. The molecule has 1 saturated heterocycles. The van der Waals surface area contributed by atoms with Gasteiger partial charge in [0, 0.05) is 43.0 Å². The average Bonchev–Trinajstić information content (AvgIpc) is 2.82. The van der Waals surface area contributed by atoms with Crippen molar-refractivity contribution in [2.24, 2.45) is 5.92 Å². The molecule has 2 aliphatic heterocycles. The van der Waals surface area contributed by atoms with E-state index in [0.29, 0.717) is 31.5 Å². The predicted molar refractivity (Wildman–Crippen MR) is 125 cm³/mol. The number of piperidine rings is 1. The molecule has 0 radical (unpaired) electrons. The predicted octanol–water partition coefficient (Wildman–Crippen LogP) is 5.14. The van der Waals surface area contributed by atoms with Crippen molar-refractivity contribution in [1.82, 2.24) is 9.88 Å². The molecule has 0 atom stereocenters. The number of carbonyl (C=O) groups excluding carboxylic acids is 2. The summed E-state index contributed by atoms with van der Waals surface area (Å²) < 4.78 is 13.4. The minimum absolute atomic E-state index is 0.0322. The highest BCUT2D eigenvalue weighted by molar-refractivity contribution is 5.99. The van der Waals surface area contributed by atoms with Crippen molar-refractivity contribution < 1.29 is 14.0 Å². The maximum Gasteiger partial charge on any atom is 0.255 e. The van der Waals surface area contributed by atoms with Gasteiger partial charge in [-0.25, -0.2) is 9.37 Å². The van der Waals surface area contributed by atoms with Crippen molar-refractivity contribution in [2.75, 3.05) is 24.5 Å². The van der Waals surface area contributed by atoms with Crippen LogP contribution in [0, 0.1) is 5.92 Å². The van der Waals surface area contributed by atoms with Crippen molar-refractivity contribution in [1.29, 1.82) is 0 Å². The van der Waals surface area contributed by atoms with E-state index >= 15 is 0 Å². The van der Waals surface area contributed by atoms with Gasteiger partial charge in [0.25, 0.3) is 5.91 Å². The van der Waals surface area contributed by atoms with Gasteiger partial charge in [-0.3, -0.25) is 9.59 Å². The van der Waals surface area contributed by atoms with E-state index in [2.05, 4.69) is 22.9 Å². The molecule has 2 aromatic rings. The number of rotatable bonds is 5. The van der Waals surface area contributed by atoms with Crippen LogP contribution in [0.5, 0.6) is 0 Å². The first kappa shape index (κ1) is 22.4. The van der Waals surface area contributed by atoms with Gasteiger partial charge in [0.1, 0.15) is 12.0 Å². The van der Waals surface area contributed by atoms with Crippen molar-refractivity contribution in [3.05, 3.63) is 52.7 Å². The van der Waals surface area contributed by atoms with Crippen LogP contribution in [-0.4, -0.2) is 47.4 Å². The van der Waals surface area contributed by atoms with E-state index < -0.39 is 6.17 Å². The van der Waals surface area contributed by atoms with Crippen LogP contribution in [0.25, 0.3) is 0 Å². The quantitative estimate of drug-likeness (QED) is 0.608. The summed E-state index contributed by atoms with van der Waals surface area (Å²) in [5, 5.41) is 0. The van der Waals surface area contributed by atoms with Crippen LogP contribution in [0.3, 0.4) is 0 Å². The van der Waals surface area contributed by atoms with E-state index in [1.807, 2.05) is 32.0 Å². The minimum atomic E-state index is -0.801. The Labute approximate surface area is 189 Å². The van der Waals surface area contributed by atoms with E-state index in [-0.39, 0.29) is 17.6 Å². The van der Waals surface area contributed by atoms with Gasteiger partial charge in [-0.15, -0.1) is 0 Å². The summed E-state index contributed by atoms with van der Waals surface area (Å²) in [4.78, 5) is 34.1. The lowest BCUT2D eigenvalue weighted by molar-refractivity contribution is 0.0666. The second-order valence-electron chi connectivity index (χ2n) is 9.14. The second-order valence-corrected chi connectivity index (χ2v) is 9.14. The Morgan fingerprint density at radius 1 is 1.16 bits per heavy atom. The van der Waals surface area contributed by atoms with Crippen molar-refractivity contribution in [2.45, 2.75) is 59.0 Å². The number of halogens is 1. The first-order valence-electron chi connectivity index (χ1n) is 11.8. The molecular weight excluding hydrogens is 405 g/mol. The fourth-order valence-corrected chi connectivity index (χ4v) is 4.66. The maximum atomic E-state index is 13.4. The number of nitrogens with zero attached hydrogens (tertiary/aromatic N) is 3. The Kier molecular flexibility index (Phi) is 6.58. The number of hydrogen-bond acceptors (Lipinski definition) is 4. The molecule has 1 aromatic carbocycles. The van der Waals surface area contributed by atoms with E-state index in [4.69, 9.17) is 0 Å². The Hall–Kier alpha value is -2.76. The summed E-state index contributed by atoms with van der Waals surface area (Å²) in [5.74, 6) is 0.954. The number of aryl methyl sites for hydroxylation is 2. The number of fused-ring (bicyclic) bond motifs is 1. The number of pyridine rings is 1. The standard InChI is InChI=1S/C26H32FN3O2/c1-4-18-15-22(7-8-23(18)24(31)17(2)3)30-11-5-6-19-14-20(16-28-25(19)30)26(32)29-12-9-21(27)10-13-29/h7-8,14-17,21H,4-6,9-13H2,1-3H3. The summed E-state index contributed by atoms with van der Waals surface area (Å²) in [6.45, 7) is 7.70. The molecule has 0 aliphatic carbocycles. The van der Waals surface area contributed by atoms with Crippen LogP contribution in [0.1, 0.15) is 71.9 Å². The number of aromatic nitrogens is 1. The van der Waals surface area contributed by atoms with Gasteiger partial charge in [0.05, 0.1) is 5.56 Å². The Balaban J connectivity index is 1.60. The van der Waals surface area contributed by atoms with Gasteiger partial charge >= 0.3 is 0 Å². The number of anilines is 2. The van der Waals surface area contributed by atoms with Gasteiger partial charge < -0.3 is 9.80 Å². The van der Waals surface area contributed by atoms with E-state index in [1.165, 1.54) is 0 Å². The summed E-state index contributed by atoms with van der Waals surface area (Å²) >= 11 is 0. The number of benzene rings is 1.